The fourth-order valence-electron chi connectivity index (χ4n) is 3.06. The molecule has 0 bridgehead atoms. The number of carbonyl (C=O) groups excluding carboxylic acids is 1. The number of hydrogen-bond acceptors (Lipinski definition) is 4. The predicted octanol–water partition coefficient (Wildman–Crippen LogP) is 3.68. The van der Waals surface area contributed by atoms with Gasteiger partial charge in [-0.05, 0) is 45.4 Å². The number of hydrogen-bond donors (Lipinski definition) is 1. The lowest BCUT2D eigenvalue weighted by atomic mass is 10.0. The number of piperazine rings is 1. The predicted molar refractivity (Wildman–Crippen MR) is 95.2 cm³/mol. The highest BCUT2D eigenvalue weighted by molar-refractivity contribution is 5.68. The summed E-state index contributed by atoms with van der Waals surface area (Å²) in [5.41, 5.74) is -1.12. The van der Waals surface area contributed by atoms with Crippen molar-refractivity contribution in [2.75, 3.05) is 26.2 Å². The van der Waals surface area contributed by atoms with Crippen molar-refractivity contribution in [3.8, 4) is 0 Å². The molecule has 0 radical (unpaired) electrons. The first-order chi connectivity index (χ1) is 12.4. The molecule has 1 amide bonds. The molecular formula is C19H27F3N2O3. The van der Waals surface area contributed by atoms with Crippen molar-refractivity contribution in [3.63, 3.8) is 0 Å². The van der Waals surface area contributed by atoms with Crippen LogP contribution in [-0.4, -0.2) is 58.8 Å². The highest BCUT2D eigenvalue weighted by Crippen LogP contribution is 2.31. The molecule has 0 saturated carbocycles. The van der Waals surface area contributed by atoms with E-state index in [1.54, 1.807) is 25.7 Å². The monoisotopic (exact) mass is 388 g/mol. The van der Waals surface area contributed by atoms with Gasteiger partial charge in [0.2, 0.25) is 0 Å². The van der Waals surface area contributed by atoms with Crippen LogP contribution in [0.2, 0.25) is 0 Å². The van der Waals surface area contributed by atoms with Crippen LogP contribution in [0.15, 0.2) is 24.3 Å². The zero-order valence-corrected chi connectivity index (χ0v) is 16.1. The van der Waals surface area contributed by atoms with Crippen LogP contribution in [-0.2, 0) is 10.9 Å². The lowest BCUT2D eigenvalue weighted by Gasteiger charge is -2.40. The van der Waals surface area contributed by atoms with E-state index in [1.165, 1.54) is 12.1 Å². The summed E-state index contributed by atoms with van der Waals surface area (Å²) >= 11 is 0. The Kier molecular flexibility index (Phi) is 6.42. The van der Waals surface area contributed by atoms with Gasteiger partial charge in [0.25, 0.3) is 0 Å². The first-order valence-electron chi connectivity index (χ1n) is 8.94. The average Bonchev–Trinajstić information content (AvgIpc) is 2.52. The van der Waals surface area contributed by atoms with E-state index in [9.17, 15) is 23.1 Å². The van der Waals surface area contributed by atoms with Crippen molar-refractivity contribution in [1.29, 1.82) is 0 Å². The van der Waals surface area contributed by atoms with Gasteiger partial charge in [-0.25, -0.2) is 4.79 Å². The molecule has 27 heavy (non-hydrogen) atoms. The minimum Gasteiger partial charge on any atom is -0.444 e. The summed E-state index contributed by atoms with van der Waals surface area (Å²) in [7, 11) is 0. The third-order valence-electron chi connectivity index (χ3n) is 4.37. The second kappa shape index (κ2) is 8.06. The van der Waals surface area contributed by atoms with Crippen LogP contribution >= 0.6 is 0 Å². The Labute approximate surface area is 157 Å². The molecule has 0 aliphatic carbocycles. The maximum Gasteiger partial charge on any atom is 0.416 e. The molecule has 8 heteroatoms. The summed E-state index contributed by atoms with van der Waals surface area (Å²) in [6.07, 6.45) is -5.86. The van der Waals surface area contributed by atoms with Gasteiger partial charge in [0.15, 0.2) is 0 Å². The molecule has 1 aliphatic heterocycles. The number of alkyl halides is 3. The zero-order chi connectivity index (χ0) is 20.4. The summed E-state index contributed by atoms with van der Waals surface area (Å²) in [6, 6.07) is 4.62. The fourth-order valence-corrected chi connectivity index (χ4v) is 3.06. The number of halogens is 3. The molecule has 1 aliphatic rings. The van der Waals surface area contributed by atoms with Gasteiger partial charge in [-0.2, -0.15) is 13.2 Å². The Balaban J connectivity index is 1.95. The van der Waals surface area contributed by atoms with Gasteiger partial charge in [-0.15, -0.1) is 0 Å². The third kappa shape index (κ3) is 6.10. The summed E-state index contributed by atoms with van der Waals surface area (Å²) in [6.45, 7) is 8.95. The number of aliphatic hydroxyl groups excluding tert-OH is 1. The van der Waals surface area contributed by atoms with E-state index in [2.05, 4.69) is 0 Å². The first-order valence-corrected chi connectivity index (χ1v) is 8.94. The maximum atomic E-state index is 12.8. The molecule has 5 nitrogen and oxygen atoms in total. The minimum absolute atomic E-state index is 0.123. The molecule has 1 N–H and O–H groups in total. The Bertz CT molecular complexity index is 658. The molecule has 1 heterocycles. The first kappa shape index (κ1) is 21.5. The third-order valence-corrected chi connectivity index (χ3v) is 4.37. The lowest BCUT2D eigenvalue weighted by Crippen LogP contribution is -2.55. The molecule has 2 atom stereocenters. The van der Waals surface area contributed by atoms with Gasteiger partial charge in [0, 0.05) is 32.2 Å². The largest absolute Gasteiger partial charge is 0.444 e. The Hall–Kier alpha value is -1.80. The van der Waals surface area contributed by atoms with E-state index >= 15 is 0 Å². The van der Waals surface area contributed by atoms with Crippen molar-refractivity contribution in [1.82, 2.24) is 9.80 Å². The number of rotatable bonds is 3. The van der Waals surface area contributed by atoms with E-state index in [-0.39, 0.29) is 24.2 Å². The summed E-state index contributed by atoms with van der Waals surface area (Å²) < 4.78 is 43.9. The number of nitrogens with zero attached hydrogens (tertiary/aromatic N) is 2. The van der Waals surface area contributed by atoms with Crippen LogP contribution in [0.1, 0.15) is 44.9 Å². The molecule has 1 unspecified atom stereocenters. The summed E-state index contributed by atoms with van der Waals surface area (Å²) in [5, 5.41) is 10.4. The van der Waals surface area contributed by atoms with E-state index in [4.69, 9.17) is 4.74 Å². The van der Waals surface area contributed by atoms with Gasteiger partial charge in [0.1, 0.15) is 5.60 Å². The number of carbonyl (C=O) groups is 1. The molecule has 1 saturated heterocycles. The standard InChI is InChI=1S/C19H27F3N2O3/c1-13-11-23(8-9-24(13)17(26)27-18(2,3)4)12-16(25)14-6-5-7-15(10-14)19(20,21)22/h5-7,10,13,16,25H,8-9,11-12H2,1-4H3/t13-,16?/m1/s1. The molecule has 1 aromatic rings. The van der Waals surface area contributed by atoms with Gasteiger partial charge < -0.3 is 14.7 Å². The van der Waals surface area contributed by atoms with Crippen molar-refractivity contribution >= 4 is 6.09 Å². The van der Waals surface area contributed by atoms with Crippen LogP contribution in [0.3, 0.4) is 0 Å². The van der Waals surface area contributed by atoms with E-state index in [1.807, 2.05) is 11.8 Å². The number of β-amino-alcohol motifs (C(OH)–C–C–N with tert-alkyl or cyclic N) is 1. The van der Waals surface area contributed by atoms with Gasteiger partial charge in [-0.3, -0.25) is 4.90 Å². The fraction of sp³-hybridized carbons (Fsp3) is 0.632. The average molecular weight is 388 g/mol. The van der Waals surface area contributed by atoms with Gasteiger partial charge in [0.05, 0.1) is 11.7 Å². The topological polar surface area (TPSA) is 53.0 Å². The number of benzene rings is 1. The Morgan fingerprint density at radius 3 is 2.52 bits per heavy atom. The molecule has 1 fully saturated rings. The Morgan fingerprint density at radius 1 is 1.30 bits per heavy atom. The molecular weight excluding hydrogens is 361 g/mol. The molecule has 0 spiro atoms. The second-order valence-electron chi connectivity index (χ2n) is 7.92. The second-order valence-corrected chi connectivity index (χ2v) is 7.92. The van der Waals surface area contributed by atoms with Crippen LogP contribution in [0, 0.1) is 0 Å². The van der Waals surface area contributed by atoms with Crippen molar-refractivity contribution in [3.05, 3.63) is 35.4 Å². The SMILES string of the molecule is C[C@@H]1CN(CC(O)c2cccc(C(F)(F)F)c2)CCN1C(=O)OC(C)(C)C. The quantitative estimate of drug-likeness (QED) is 0.858. The van der Waals surface area contributed by atoms with Crippen molar-refractivity contribution in [2.24, 2.45) is 0 Å². The van der Waals surface area contributed by atoms with Crippen LogP contribution in [0.5, 0.6) is 0 Å². The number of aliphatic hydroxyl groups is 1. The van der Waals surface area contributed by atoms with Crippen LogP contribution in [0.25, 0.3) is 0 Å². The van der Waals surface area contributed by atoms with Gasteiger partial charge >= 0.3 is 12.3 Å². The molecule has 0 aromatic heterocycles. The van der Waals surface area contributed by atoms with Crippen molar-refractivity contribution < 1.29 is 27.8 Å². The Morgan fingerprint density at radius 2 is 1.96 bits per heavy atom. The summed E-state index contributed by atoms with van der Waals surface area (Å²) in [5.74, 6) is 0. The van der Waals surface area contributed by atoms with Gasteiger partial charge in [-0.1, -0.05) is 12.1 Å². The zero-order valence-electron chi connectivity index (χ0n) is 16.1. The molecule has 1 aromatic carbocycles. The van der Waals surface area contributed by atoms with E-state index in [0.29, 0.717) is 19.6 Å². The number of amides is 1. The lowest BCUT2D eigenvalue weighted by molar-refractivity contribution is -0.137. The highest BCUT2D eigenvalue weighted by atomic mass is 19.4. The highest BCUT2D eigenvalue weighted by Gasteiger charge is 2.33. The summed E-state index contributed by atoms with van der Waals surface area (Å²) in [4.78, 5) is 15.8. The number of ether oxygens (including phenoxy) is 1. The molecule has 2 rings (SSSR count). The van der Waals surface area contributed by atoms with Crippen LogP contribution in [0.4, 0.5) is 18.0 Å². The smallest absolute Gasteiger partial charge is 0.416 e. The minimum atomic E-state index is -4.44. The normalized spacial score (nSPS) is 20.4. The maximum absolute atomic E-state index is 12.8. The van der Waals surface area contributed by atoms with Crippen LogP contribution < -0.4 is 0 Å². The van der Waals surface area contributed by atoms with E-state index < -0.39 is 23.4 Å². The van der Waals surface area contributed by atoms with E-state index in [0.717, 1.165) is 12.1 Å². The molecule has 152 valence electrons. The van der Waals surface area contributed by atoms with Crippen molar-refractivity contribution in [2.45, 2.75) is 51.6 Å².